The van der Waals surface area contributed by atoms with Gasteiger partial charge < -0.3 is 0 Å². The highest BCUT2D eigenvalue weighted by atomic mass is 32.2. The van der Waals surface area contributed by atoms with Gasteiger partial charge in [0, 0.05) is 12.2 Å². The molecule has 0 amide bonds. The Morgan fingerprint density at radius 3 is 2.50 bits per heavy atom. The van der Waals surface area contributed by atoms with Gasteiger partial charge in [0.1, 0.15) is 0 Å². The summed E-state index contributed by atoms with van der Waals surface area (Å²) in [5, 5.41) is 0.348. The molecule has 1 rings (SSSR count). The summed E-state index contributed by atoms with van der Waals surface area (Å²) in [6, 6.07) is 0. The van der Waals surface area contributed by atoms with Crippen molar-refractivity contribution >= 4 is 16.9 Å². The number of hydrogen-bond donors (Lipinski definition) is 0. The minimum Gasteiger partial charge on any atom is -0.287 e. The van der Waals surface area contributed by atoms with Gasteiger partial charge in [-0.05, 0) is 31.1 Å². The first-order chi connectivity index (χ1) is 7.33. The number of carbonyl (C=O) groups excluding carboxylic acids is 1. The van der Waals surface area contributed by atoms with Crippen molar-refractivity contribution in [3.8, 4) is 0 Å². The van der Waals surface area contributed by atoms with E-state index in [0.717, 1.165) is 12.2 Å². The third-order valence-electron chi connectivity index (χ3n) is 3.53. The lowest BCUT2D eigenvalue weighted by Gasteiger charge is -2.19. The monoisotopic (exact) mass is 240 g/mol. The van der Waals surface area contributed by atoms with E-state index in [1.807, 2.05) is 0 Å². The quantitative estimate of drug-likeness (QED) is 0.676. The van der Waals surface area contributed by atoms with Crippen LogP contribution in [-0.2, 0) is 4.79 Å². The highest BCUT2D eigenvalue weighted by molar-refractivity contribution is 8.13. The van der Waals surface area contributed by atoms with Crippen LogP contribution < -0.4 is 0 Å². The zero-order valence-electron chi connectivity index (χ0n) is 11.2. The molecule has 0 saturated carbocycles. The molecular formula is C14H24OS. The van der Waals surface area contributed by atoms with Crippen molar-refractivity contribution in [2.75, 3.05) is 5.75 Å². The van der Waals surface area contributed by atoms with Crippen LogP contribution in [0.15, 0.2) is 11.1 Å². The minimum absolute atomic E-state index is 0.318. The maximum Gasteiger partial charge on any atom is 0.192 e. The van der Waals surface area contributed by atoms with Gasteiger partial charge in [-0.15, -0.1) is 0 Å². The van der Waals surface area contributed by atoms with Crippen molar-refractivity contribution in [1.29, 1.82) is 0 Å². The number of allylic oxidation sites excluding steroid dienone is 2. The first kappa shape index (κ1) is 13.8. The molecule has 0 saturated heterocycles. The van der Waals surface area contributed by atoms with E-state index in [1.165, 1.54) is 29.3 Å². The number of hydrogen-bond acceptors (Lipinski definition) is 2. The van der Waals surface area contributed by atoms with E-state index in [1.54, 1.807) is 0 Å². The fourth-order valence-corrected chi connectivity index (χ4v) is 2.82. The van der Waals surface area contributed by atoms with Crippen LogP contribution in [0.2, 0.25) is 0 Å². The van der Waals surface area contributed by atoms with Crippen LogP contribution in [0.25, 0.3) is 0 Å². The Morgan fingerprint density at radius 2 is 2.06 bits per heavy atom. The van der Waals surface area contributed by atoms with E-state index in [0.29, 0.717) is 22.9 Å². The number of rotatable bonds is 4. The fourth-order valence-electron chi connectivity index (χ4n) is 2.02. The van der Waals surface area contributed by atoms with Crippen LogP contribution in [0, 0.1) is 11.3 Å². The lowest BCUT2D eigenvalue weighted by molar-refractivity contribution is -0.110. The summed E-state index contributed by atoms with van der Waals surface area (Å²) in [5.74, 6) is 1.55. The first-order valence-corrected chi connectivity index (χ1v) is 7.16. The lowest BCUT2D eigenvalue weighted by Crippen LogP contribution is -2.07. The molecule has 0 radical (unpaired) electrons. The maximum atomic E-state index is 11.8. The molecule has 0 spiro atoms. The summed E-state index contributed by atoms with van der Waals surface area (Å²) in [6.45, 7) is 11.1. The van der Waals surface area contributed by atoms with Gasteiger partial charge in [0.05, 0.1) is 0 Å². The molecule has 0 fully saturated rings. The average Bonchev–Trinajstić information content (AvgIpc) is 2.42. The van der Waals surface area contributed by atoms with Crippen molar-refractivity contribution < 1.29 is 4.79 Å². The van der Waals surface area contributed by atoms with Crippen LogP contribution >= 0.6 is 11.8 Å². The summed E-state index contributed by atoms with van der Waals surface area (Å²) < 4.78 is 0. The molecule has 0 N–H and O–H groups in total. The molecule has 0 heterocycles. The molecule has 1 aliphatic carbocycles. The van der Waals surface area contributed by atoms with Gasteiger partial charge in [0.15, 0.2) is 5.12 Å². The highest BCUT2D eigenvalue weighted by Gasteiger charge is 2.29. The predicted octanol–water partition coefficient (Wildman–Crippen LogP) is 4.43. The Morgan fingerprint density at radius 1 is 1.44 bits per heavy atom. The van der Waals surface area contributed by atoms with Crippen molar-refractivity contribution in [3.63, 3.8) is 0 Å². The third-order valence-corrected chi connectivity index (χ3v) is 4.83. The second kappa shape index (κ2) is 5.39. The van der Waals surface area contributed by atoms with Gasteiger partial charge in [-0.1, -0.05) is 50.6 Å². The molecule has 0 atom stereocenters. The van der Waals surface area contributed by atoms with Gasteiger partial charge in [-0.2, -0.15) is 0 Å². The molecule has 0 bridgehead atoms. The summed E-state index contributed by atoms with van der Waals surface area (Å²) in [4.78, 5) is 11.8. The van der Waals surface area contributed by atoms with Gasteiger partial charge in [-0.25, -0.2) is 0 Å². The highest BCUT2D eigenvalue weighted by Crippen LogP contribution is 2.43. The minimum atomic E-state index is 0.318. The zero-order valence-corrected chi connectivity index (χ0v) is 12.0. The van der Waals surface area contributed by atoms with E-state index < -0.39 is 0 Å². The fraction of sp³-hybridized carbons (Fsp3) is 0.786. The Balaban J connectivity index is 2.49. The van der Waals surface area contributed by atoms with Crippen molar-refractivity contribution in [2.45, 2.75) is 53.9 Å². The summed E-state index contributed by atoms with van der Waals surface area (Å²) in [6.07, 6.45) is 3.00. The third kappa shape index (κ3) is 3.65. The number of carbonyl (C=O) groups is 1. The molecule has 92 valence electrons. The summed E-state index contributed by atoms with van der Waals surface area (Å²) in [7, 11) is 0. The normalized spacial score (nSPS) is 19.6. The van der Waals surface area contributed by atoms with E-state index in [9.17, 15) is 4.79 Å². The Kier molecular flexibility index (Phi) is 4.66. The van der Waals surface area contributed by atoms with Gasteiger partial charge in [0.25, 0.3) is 0 Å². The Labute approximate surface area is 104 Å². The van der Waals surface area contributed by atoms with Crippen LogP contribution in [0.3, 0.4) is 0 Å². The van der Waals surface area contributed by atoms with Gasteiger partial charge in [0.2, 0.25) is 0 Å². The molecule has 1 nitrogen and oxygen atoms in total. The Hall–Kier alpha value is -0.240. The molecule has 0 aliphatic heterocycles. The molecule has 0 aromatic heterocycles. The SMILES string of the molecule is CC1=C(CC(=O)SCC(C)C)CCC1(C)C. The molecule has 16 heavy (non-hydrogen) atoms. The van der Waals surface area contributed by atoms with E-state index in [2.05, 4.69) is 34.6 Å². The predicted molar refractivity (Wildman–Crippen MR) is 72.6 cm³/mol. The molecular weight excluding hydrogens is 216 g/mol. The first-order valence-electron chi connectivity index (χ1n) is 6.17. The lowest BCUT2D eigenvalue weighted by atomic mass is 9.86. The van der Waals surface area contributed by atoms with E-state index in [-0.39, 0.29) is 0 Å². The zero-order chi connectivity index (χ0) is 12.3. The van der Waals surface area contributed by atoms with Gasteiger partial charge >= 0.3 is 0 Å². The van der Waals surface area contributed by atoms with Crippen LogP contribution in [0.1, 0.15) is 53.9 Å². The molecule has 0 aromatic carbocycles. The van der Waals surface area contributed by atoms with Crippen LogP contribution in [0.4, 0.5) is 0 Å². The topological polar surface area (TPSA) is 17.1 Å². The molecule has 0 unspecified atom stereocenters. The van der Waals surface area contributed by atoms with Gasteiger partial charge in [-0.3, -0.25) is 4.79 Å². The summed E-state index contributed by atoms with van der Waals surface area (Å²) >= 11 is 1.50. The smallest absolute Gasteiger partial charge is 0.192 e. The van der Waals surface area contributed by atoms with Crippen molar-refractivity contribution in [3.05, 3.63) is 11.1 Å². The molecule has 0 aromatic rings. The van der Waals surface area contributed by atoms with Crippen molar-refractivity contribution in [1.82, 2.24) is 0 Å². The molecule has 2 heteroatoms. The molecule has 1 aliphatic rings. The largest absolute Gasteiger partial charge is 0.287 e. The maximum absolute atomic E-state index is 11.8. The average molecular weight is 240 g/mol. The van der Waals surface area contributed by atoms with E-state index in [4.69, 9.17) is 0 Å². The van der Waals surface area contributed by atoms with Crippen LogP contribution in [0.5, 0.6) is 0 Å². The van der Waals surface area contributed by atoms with Crippen molar-refractivity contribution in [2.24, 2.45) is 11.3 Å². The second-order valence-electron chi connectivity index (χ2n) is 5.87. The second-order valence-corrected chi connectivity index (χ2v) is 6.94. The number of thioether (sulfide) groups is 1. The Bertz CT molecular complexity index is 300. The van der Waals surface area contributed by atoms with Crippen LogP contribution in [-0.4, -0.2) is 10.9 Å². The van der Waals surface area contributed by atoms with E-state index >= 15 is 0 Å². The standard InChI is InChI=1S/C14H24OS/c1-10(2)9-16-13(15)8-12-6-7-14(4,5)11(12)3/h10H,6-9H2,1-5H3. The summed E-state index contributed by atoms with van der Waals surface area (Å²) in [5.41, 5.74) is 3.16.